The SMILES string of the molecule is C[C@@H]([C@H]1CC[C@@]2(O)C3=CC(=O)[C@@H]4C[C@@H](O)CC[C@]4(C)[C@H]3CC[C@]12C)[C@@H](CCC(C)(C)O)O[C@@H]1O[C@H](CO)[C@@H](O)[C@H](O)[C@H]1O. The quantitative estimate of drug-likeness (QED) is 0.214. The Balaban J connectivity index is 1.42. The van der Waals surface area contributed by atoms with Gasteiger partial charge in [-0.25, -0.2) is 0 Å². The van der Waals surface area contributed by atoms with Crippen molar-refractivity contribution in [1.29, 1.82) is 0 Å². The van der Waals surface area contributed by atoms with Gasteiger partial charge in [-0.05, 0) is 106 Å². The fourth-order valence-electron chi connectivity index (χ4n) is 9.76. The van der Waals surface area contributed by atoms with Gasteiger partial charge in [0.15, 0.2) is 12.1 Å². The predicted molar refractivity (Wildman–Crippen MR) is 156 cm³/mol. The molecule has 7 N–H and O–H groups in total. The minimum absolute atomic E-state index is 0.00989. The van der Waals surface area contributed by atoms with Crippen molar-refractivity contribution in [2.24, 2.45) is 34.5 Å². The fraction of sp³-hybridized carbons (Fsp3) is 0.909. The largest absolute Gasteiger partial charge is 0.394 e. The Morgan fingerprint density at radius 2 is 1.72 bits per heavy atom. The van der Waals surface area contributed by atoms with Crippen LogP contribution in [0.5, 0.6) is 0 Å². The molecular formula is C33H54O10. The molecule has 246 valence electrons. The lowest BCUT2D eigenvalue weighted by Gasteiger charge is -2.60. The zero-order valence-corrected chi connectivity index (χ0v) is 26.4. The van der Waals surface area contributed by atoms with E-state index in [2.05, 4.69) is 13.8 Å². The Labute approximate surface area is 255 Å². The van der Waals surface area contributed by atoms with Crippen LogP contribution in [-0.2, 0) is 14.3 Å². The normalized spacial score (nSPS) is 48.1. The molecule has 0 bridgehead atoms. The summed E-state index contributed by atoms with van der Waals surface area (Å²) in [6.45, 7) is 9.20. The molecule has 1 aliphatic heterocycles. The smallest absolute Gasteiger partial charge is 0.186 e. The third-order valence-corrected chi connectivity index (χ3v) is 12.6. The molecule has 10 nitrogen and oxygen atoms in total. The number of aliphatic hydroxyl groups is 7. The maximum atomic E-state index is 13.5. The molecule has 5 aliphatic rings. The second kappa shape index (κ2) is 11.7. The topological polar surface area (TPSA) is 177 Å². The summed E-state index contributed by atoms with van der Waals surface area (Å²) in [7, 11) is 0. The first-order valence-electron chi connectivity index (χ1n) is 16.3. The highest BCUT2D eigenvalue weighted by molar-refractivity contribution is 5.95. The number of ketones is 1. The van der Waals surface area contributed by atoms with Gasteiger partial charge in [0.05, 0.1) is 30.0 Å². The van der Waals surface area contributed by atoms with E-state index in [0.29, 0.717) is 38.5 Å². The van der Waals surface area contributed by atoms with E-state index in [1.165, 1.54) is 0 Å². The molecule has 0 aromatic heterocycles. The molecule has 0 aromatic carbocycles. The third kappa shape index (κ3) is 5.57. The standard InChI is InChI=1S/C33H54O10/c1-17(24(9-10-30(2,3)40)42-29-28(39)27(38)26(37)25(16-34)43-29)19-8-13-33(41)21-15-23(36)22-14-18(35)6-11-31(22,4)20(21)7-12-32(19,33)5/h15,17-20,22,24-29,34-35,37-41H,6-14,16H2,1-5H3/t17-,18-,19+,20-,22-,24+,25+,26+,27-,28+,29+,31+,32+,33+/m0/s1. The molecule has 0 radical (unpaired) electrons. The van der Waals surface area contributed by atoms with Crippen molar-refractivity contribution in [2.75, 3.05) is 6.61 Å². The monoisotopic (exact) mass is 610 g/mol. The highest BCUT2D eigenvalue weighted by atomic mass is 16.7. The van der Waals surface area contributed by atoms with Crippen LogP contribution in [0.3, 0.4) is 0 Å². The minimum Gasteiger partial charge on any atom is -0.394 e. The summed E-state index contributed by atoms with van der Waals surface area (Å²) >= 11 is 0. The van der Waals surface area contributed by atoms with Gasteiger partial charge in [0.1, 0.15) is 24.4 Å². The first-order chi connectivity index (χ1) is 20.0. The van der Waals surface area contributed by atoms with Gasteiger partial charge >= 0.3 is 0 Å². The summed E-state index contributed by atoms with van der Waals surface area (Å²) in [5.74, 6) is -0.336. The summed E-state index contributed by atoms with van der Waals surface area (Å²) in [5, 5.41) is 74.5. The van der Waals surface area contributed by atoms with Gasteiger partial charge in [-0.1, -0.05) is 20.8 Å². The third-order valence-electron chi connectivity index (χ3n) is 12.6. The van der Waals surface area contributed by atoms with Gasteiger partial charge < -0.3 is 45.2 Å². The van der Waals surface area contributed by atoms with Gasteiger partial charge in [0.25, 0.3) is 0 Å². The molecule has 0 amide bonds. The van der Waals surface area contributed by atoms with Crippen molar-refractivity contribution in [3.05, 3.63) is 11.6 Å². The molecule has 10 heteroatoms. The molecule has 0 aromatic rings. The molecule has 0 unspecified atom stereocenters. The Bertz CT molecular complexity index is 1070. The van der Waals surface area contributed by atoms with Crippen molar-refractivity contribution in [3.63, 3.8) is 0 Å². The van der Waals surface area contributed by atoms with E-state index in [1.807, 2.05) is 6.92 Å². The van der Waals surface area contributed by atoms with Crippen LogP contribution in [0, 0.1) is 34.5 Å². The number of hydrogen-bond acceptors (Lipinski definition) is 10. The lowest BCUT2D eigenvalue weighted by molar-refractivity contribution is -0.317. The van der Waals surface area contributed by atoms with Crippen LogP contribution in [-0.4, -0.2) is 102 Å². The van der Waals surface area contributed by atoms with Crippen molar-refractivity contribution in [2.45, 2.75) is 147 Å². The highest BCUT2D eigenvalue weighted by Gasteiger charge is 2.66. The summed E-state index contributed by atoms with van der Waals surface area (Å²) in [6.07, 6.45) is -0.791. The number of fused-ring (bicyclic) bond motifs is 5. The molecule has 1 heterocycles. The molecule has 14 atom stereocenters. The molecule has 4 aliphatic carbocycles. The highest BCUT2D eigenvalue weighted by Crippen LogP contribution is 2.68. The second-order valence-electron chi connectivity index (χ2n) is 15.6. The zero-order valence-electron chi connectivity index (χ0n) is 26.4. The van der Waals surface area contributed by atoms with Crippen molar-refractivity contribution >= 4 is 5.78 Å². The van der Waals surface area contributed by atoms with Crippen molar-refractivity contribution in [1.82, 2.24) is 0 Å². The Morgan fingerprint density at radius 3 is 2.37 bits per heavy atom. The summed E-state index contributed by atoms with van der Waals surface area (Å²) in [4.78, 5) is 13.5. The molecule has 0 spiro atoms. The minimum atomic E-state index is -1.56. The van der Waals surface area contributed by atoms with E-state index in [1.54, 1.807) is 19.9 Å². The Hall–Kier alpha value is -0.950. The fourth-order valence-corrected chi connectivity index (χ4v) is 9.76. The maximum absolute atomic E-state index is 13.5. The van der Waals surface area contributed by atoms with Crippen molar-refractivity contribution in [3.8, 4) is 0 Å². The first-order valence-corrected chi connectivity index (χ1v) is 16.3. The van der Waals surface area contributed by atoms with Gasteiger partial charge in [-0.15, -0.1) is 0 Å². The Kier molecular flexibility index (Phi) is 9.08. The summed E-state index contributed by atoms with van der Waals surface area (Å²) in [5.41, 5.74) is -2.15. The van der Waals surface area contributed by atoms with Crippen molar-refractivity contribution < 1.29 is 50.0 Å². The van der Waals surface area contributed by atoms with Crippen LogP contribution in [0.1, 0.15) is 92.4 Å². The number of allylic oxidation sites excluding steroid dienone is 1. The number of aliphatic hydroxyl groups excluding tert-OH is 5. The number of carbonyl (C=O) groups excluding carboxylic acids is 1. The van der Waals surface area contributed by atoms with Crippen LogP contribution in [0.2, 0.25) is 0 Å². The number of carbonyl (C=O) groups is 1. The van der Waals surface area contributed by atoms with Gasteiger partial charge in [0.2, 0.25) is 0 Å². The van der Waals surface area contributed by atoms with Gasteiger partial charge in [0, 0.05) is 11.3 Å². The maximum Gasteiger partial charge on any atom is 0.186 e. The molecule has 3 saturated carbocycles. The zero-order chi connectivity index (χ0) is 31.7. The second-order valence-corrected chi connectivity index (χ2v) is 15.6. The first kappa shape index (κ1) is 33.4. The number of hydrogen-bond donors (Lipinski definition) is 7. The van der Waals surface area contributed by atoms with Crippen LogP contribution in [0.25, 0.3) is 0 Å². The average molecular weight is 611 g/mol. The summed E-state index contributed by atoms with van der Waals surface area (Å²) < 4.78 is 12.1. The van der Waals surface area contributed by atoms with E-state index < -0.39 is 66.1 Å². The molecular weight excluding hydrogens is 556 g/mol. The van der Waals surface area contributed by atoms with Crippen LogP contribution in [0.4, 0.5) is 0 Å². The van der Waals surface area contributed by atoms with E-state index in [-0.39, 0.29) is 34.9 Å². The van der Waals surface area contributed by atoms with E-state index in [4.69, 9.17) is 9.47 Å². The summed E-state index contributed by atoms with van der Waals surface area (Å²) in [6, 6.07) is 0. The van der Waals surface area contributed by atoms with E-state index in [9.17, 15) is 40.5 Å². The van der Waals surface area contributed by atoms with Crippen LogP contribution >= 0.6 is 0 Å². The van der Waals surface area contributed by atoms with Crippen LogP contribution in [0.15, 0.2) is 11.6 Å². The number of ether oxygens (including phenoxy) is 2. The molecule has 1 saturated heterocycles. The van der Waals surface area contributed by atoms with E-state index in [0.717, 1.165) is 24.8 Å². The number of rotatable bonds is 8. The van der Waals surface area contributed by atoms with Gasteiger partial charge in [-0.2, -0.15) is 0 Å². The Morgan fingerprint density at radius 1 is 1.02 bits per heavy atom. The molecule has 43 heavy (non-hydrogen) atoms. The van der Waals surface area contributed by atoms with Crippen LogP contribution < -0.4 is 0 Å². The average Bonchev–Trinajstić information content (AvgIpc) is 3.22. The van der Waals surface area contributed by atoms with Gasteiger partial charge in [-0.3, -0.25) is 4.79 Å². The molecule has 5 rings (SSSR count). The lowest BCUT2D eigenvalue weighted by atomic mass is 9.46. The lowest BCUT2D eigenvalue weighted by Crippen LogP contribution is -2.61. The molecule has 4 fully saturated rings. The van der Waals surface area contributed by atoms with E-state index >= 15 is 0 Å². The predicted octanol–water partition coefficient (Wildman–Crippen LogP) is 1.59.